The maximum Gasteiger partial charge on any atom is 0.326 e. The first-order valence-corrected chi connectivity index (χ1v) is 22.6. The van der Waals surface area contributed by atoms with E-state index >= 15 is 0 Å². The number of hydrogen-bond acceptors (Lipinski definition) is 13. The molecule has 0 aromatic heterocycles. The largest absolute Gasteiger partial charge is 0.481 e. The second kappa shape index (κ2) is 30.2. The number of amides is 8. The Hall–Kier alpha value is -7.38. The molecule has 1 aromatic carbocycles. The van der Waals surface area contributed by atoms with Crippen molar-refractivity contribution in [1.82, 2.24) is 47.9 Å². The highest BCUT2D eigenvalue weighted by Gasteiger charge is 2.34. The smallest absolute Gasteiger partial charge is 0.326 e. The molecule has 70 heavy (non-hydrogen) atoms. The first kappa shape index (κ1) is 60.6. The second-order valence-corrected chi connectivity index (χ2v) is 17.6. The highest BCUT2D eigenvalue weighted by Crippen LogP contribution is 2.09. The lowest BCUT2D eigenvalue weighted by molar-refractivity contribution is -0.144. The number of carbonyl (C=O) groups excluding carboxylic acids is 8. The van der Waals surface area contributed by atoms with Crippen molar-refractivity contribution in [2.24, 2.45) is 23.3 Å². The number of carboxylic acids is 3. The van der Waals surface area contributed by atoms with Gasteiger partial charge in [0.25, 0.3) is 0 Å². The zero-order valence-electron chi connectivity index (χ0n) is 40.4. The number of aliphatic carboxylic acids is 3. The summed E-state index contributed by atoms with van der Waals surface area (Å²) in [7, 11) is 0. The molecule has 390 valence electrons. The second-order valence-electron chi connectivity index (χ2n) is 17.6. The summed E-state index contributed by atoms with van der Waals surface area (Å²) in [6, 6.07) is -4.51. The lowest BCUT2D eigenvalue weighted by Gasteiger charge is -2.26. The topological polar surface area (TPSA) is 433 Å². The number of benzene rings is 1. The molecule has 26 nitrogen and oxygen atoms in total. The van der Waals surface area contributed by atoms with E-state index in [0.717, 1.165) is 0 Å². The molecule has 1 rings (SSSR count). The number of nitrogens with two attached hydrogens (primary N) is 2. The molecule has 0 aliphatic heterocycles. The Bertz CT molecular complexity index is 2020. The highest BCUT2D eigenvalue weighted by atomic mass is 16.4. The fraction of sp³-hybridized carbons (Fsp3) is 0.591. The van der Waals surface area contributed by atoms with E-state index in [-0.39, 0.29) is 50.5 Å². The van der Waals surface area contributed by atoms with Crippen LogP contribution in [0.15, 0.2) is 30.3 Å². The minimum atomic E-state index is -1.81. The number of nitrogens with one attached hydrogen (secondary N) is 10. The van der Waals surface area contributed by atoms with Crippen LogP contribution in [0.2, 0.25) is 0 Å². The van der Waals surface area contributed by atoms with Gasteiger partial charge in [0.2, 0.25) is 47.3 Å². The monoisotopic (exact) mass is 991 g/mol. The van der Waals surface area contributed by atoms with E-state index in [0.29, 0.717) is 5.56 Å². The summed E-state index contributed by atoms with van der Waals surface area (Å²) in [6.45, 7) is 11.0. The lowest BCUT2D eigenvalue weighted by Crippen LogP contribution is -2.59. The van der Waals surface area contributed by atoms with Crippen LogP contribution in [0.3, 0.4) is 0 Å². The van der Waals surface area contributed by atoms with E-state index in [4.69, 9.17) is 16.9 Å². The standard InChI is InChI=1S/C44H70N12O14/c1-21(2)16-27(45)38(64)54-30(19-33(57)58)41(67)51-25(7)37(63)53-29(17-22(3)4)40(66)50-23(5)35(61)49-24(6)36(62)52-28(14-11-15-48-44(46)47)39(65)55-31(20-34(59)60)42(68)56-32(43(69)70)18-26-12-9-8-10-13-26/h8-10,12-13,21-25,27-32H,11,14-20,45H2,1-7H3,(H,49,61)(H,50,66)(H,51,67)(H,52,62)(H,53,63)(H,54,64)(H,55,65)(H,56,68)(H,57,58)(H,59,60)(H,69,70)(H4,46,47,48)/t23-,24-,25-,27-,28-,29-,30-,31-,32-/m0/s1. The molecule has 0 heterocycles. The summed E-state index contributed by atoms with van der Waals surface area (Å²) < 4.78 is 0. The Morgan fingerprint density at radius 2 is 0.900 bits per heavy atom. The quantitative estimate of drug-likeness (QED) is 0.0199. The molecule has 0 saturated heterocycles. The molecule has 0 fully saturated rings. The Morgan fingerprint density at radius 3 is 1.36 bits per heavy atom. The molecular weight excluding hydrogens is 921 g/mol. The Balaban J connectivity index is 3.11. The van der Waals surface area contributed by atoms with Gasteiger partial charge >= 0.3 is 17.9 Å². The number of carboxylic acid groups (broad SMARTS) is 3. The average Bonchev–Trinajstić information content (AvgIpc) is 3.25. The van der Waals surface area contributed by atoms with Gasteiger partial charge in [0, 0.05) is 13.0 Å². The minimum absolute atomic E-state index is 0.0221. The van der Waals surface area contributed by atoms with Gasteiger partial charge < -0.3 is 74.6 Å². The van der Waals surface area contributed by atoms with Gasteiger partial charge in [-0.15, -0.1) is 0 Å². The summed E-state index contributed by atoms with van der Waals surface area (Å²) in [4.78, 5) is 141. The van der Waals surface area contributed by atoms with Crippen molar-refractivity contribution in [1.29, 1.82) is 5.41 Å². The molecule has 17 N–H and O–H groups in total. The van der Waals surface area contributed by atoms with Crippen LogP contribution < -0.4 is 59.3 Å². The van der Waals surface area contributed by atoms with Gasteiger partial charge in [-0.3, -0.25) is 53.4 Å². The molecule has 0 bridgehead atoms. The van der Waals surface area contributed by atoms with Crippen LogP contribution in [0.5, 0.6) is 0 Å². The van der Waals surface area contributed by atoms with Gasteiger partial charge in [-0.25, -0.2) is 4.79 Å². The third-order valence-electron chi connectivity index (χ3n) is 10.2. The SMILES string of the molecule is CC(C)C[C@H](NC(=O)[C@H](C)NC(=O)[C@H](CC(=O)O)NC(=O)[C@@H](N)CC(C)C)C(=O)N[C@@H](C)C(=O)N[C@@H](C)C(=O)N[C@@H](CCCNC(=N)N)C(=O)N[C@@H](CC(=O)O)C(=O)N[C@@H](Cc1ccccc1)C(=O)O. The molecule has 8 amide bonds. The van der Waals surface area contributed by atoms with Crippen molar-refractivity contribution in [2.75, 3.05) is 6.54 Å². The van der Waals surface area contributed by atoms with Gasteiger partial charge in [0.15, 0.2) is 5.96 Å². The van der Waals surface area contributed by atoms with Crippen molar-refractivity contribution in [2.45, 2.75) is 148 Å². The maximum absolute atomic E-state index is 13.6. The number of hydrogen-bond donors (Lipinski definition) is 15. The van der Waals surface area contributed by atoms with Crippen molar-refractivity contribution >= 4 is 71.1 Å². The van der Waals surface area contributed by atoms with E-state index in [1.54, 1.807) is 44.2 Å². The summed E-state index contributed by atoms with van der Waals surface area (Å²) in [5.41, 5.74) is 11.8. The summed E-state index contributed by atoms with van der Waals surface area (Å²) >= 11 is 0. The average molecular weight is 991 g/mol. The van der Waals surface area contributed by atoms with Gasteiger partial charge in [0.05, 0.1) is 18.9 Å². The highest BCUT2D eigenvalue weighted by molar-refractivity contribution is 5.98. The van der Waals surface area contributed by atoms with Crippen LogP contribution >= 0.6 is 0 Å². The summed E-state index contributed by atoms with van der Waals surface area (Å²) in [5.74, 6) is -12.4. The van der Waals surface area contributed by atoms with E-state index in [1.165, 1.54) is 20.8 Å². The van der Waals surface area contributed by atoms with E-state index in [2.05, 4.69) is 47.9 Å². The van der Waals surface area contributed by atoms with Crippen molar-refractivity contribution in [3.63, 3.8) is 0 Å². The molecular formula is C44H70N12O14. The molecule has 1 aromatic rings. The molecule has 0 radical (unpaired) electrons. The lowest BCUT2D eigenvalue weighted by atomic mass is 10.0. The zero-order valence-corrected chi connectivity index (χ0v) is 40.4. The third-order valence-corrected chi connectivity index (χ3v) is 10.2. The molecule has 0 aliphatic rings. The number of guanidine groups is 1. The zero-order chi connectivity index (χ0) is 53.4. The number of rotatable bonds is 31. The first-order valence-electron chi connectivity index (χ1n) is 22.6. The van der Waals surface area contributed by atoms with Crippen molar-refractivity contribution in [3.05, 3.63) is 35.9 Å². The Labute approximate surface area is 405 Å². The Kier molecular flexibility index (Phi) is 26.1. The molecule has 0 saturated carbocycles. The van der Waals surface area contributed by atoms with Crippen molar-refractivity contribution in [3.8, 4) is 0 Å². The van der Waals surface area contributed by atoms with Crippen LogP contribution in [0.25, 0.3) is 0 Å². The van der Waals surface area contributed by atoms with Crippen LogP contribution in [0, 0.1) is 17.2 Å². The van der Waals surface area contributed by atoms with Crippen LogP contribution in [0.1, 0.15) is 92.6 Å². The normalized spacial score (nSPS) is 14.8. The van der Waals surface area contributed by atoms with Crippen LogP contribution in [0.4, 0.5) is 0 Å². The molecule has 0 unspecified atom stereocenters. The summed E-state index contributed by atoms with van der Waals surface area (Å²) in [6.07, 6.45) is -1.74. The first-order chi connectivity index (χ1) is 32.6. The van der Waals surface area contributed by atoms with E-state index < -0.39 is 138 Å². The predicted molar refractivity (Wildman–Crippen MR) is 251 cm³/mol. The fourth-order valence-corrected chi connectivity index (χ4v) is 6.51. The third kappa shape index (κ3) is 23.6. The minimum Gasteiger partial charge on any atom is -0.481 e. The fourth-order valence-electron chi connectivity index (χ4n) is 6.51. The molecule has 26 heteroatoms. The van der Waals surface area contributed by atoms with Crippen LogP contribution in [-0.2, 0) is 59.2 Å². The van der Waals surface area contributed by atoms with Gasteiger partial charge in [0.1, 0.15) is 48.3 Å². The predicted octanol–water partition coefficient (Wildman–Crippen LogP) is -3.12. The van der Waals surface area contributed by atoms with E-state index in [1.807, 2.05) is 13.8 Å². The molecule has 0 spiro atoms. The van der Waals surface area contributed by atoms with Crippen molar-refractivity contribution < 1.29 is 68.1 Å². The number of carbonyl (C=O) groups is 11. The maximum atomic E-state index is 13.6. The Morgan fingerprint density at radius 1 is 0.514 bits per heavy atom. The van der Waals surface area contributed by atoms with Gasteiger partial charge in [-0.1, -0.05) is 58.0 Å². The molecule has 9 atom stereocenters. The van der Waals surface area contributed by atoms with Gasteiger partial charge in [-0.2, -0.15) is 0 Å². The molecule has 0 aliphatic carbocycles. The van der Waals surface area contributed by atoms with Crippen LogP contribution in [-0.4, -0.2) is 147 Å². The van der Waals surface area contributed by atoms with E-state index in [9.17, 15) is 68.1 Å². The summed E-state index contributed by atoms with van der Waals surface area (Å²) in [5, 5.41) is 57.5. The van der Waals surface area contributed by atoms with Gasteiger partial charge in [-0.05, 0) is 63.9 Å².